The molecule has 1 aromatic rings. The lowest BCUT2D eigenvalue weighted by molar-refractivity contribution is -0.175. The maximum absolute atomic E-state index is 12.3. The fourth-order valence-corrected chi connectivity index (χ4v) is 3.16. The molecular weight excluding hydrogens is 348 g/mol. The Morgan fingerprint density at radius 3 is 2.67 bits per heavy atom. The third-order valence-corrected chi connectivity index (χ3v) is 4.45. The van der Waals surface area contributed by atoms with Crippen molar-refractivity contribution in [1.29, 1.82) is 0 Å². The van der Waals surface area contributed by atoms with Crippen LogP contribution in [-0.4, -0.2) is 44.3 Å². The zero-order valence-electron chi connectivity index (χ0n) is 15.9. The van der Waals surface area contributed by atoms with Crippen LogP contribution in [0.3, 0.4) is 0 Å². The predicted octanol–water partition coefficient (Wildman–Crippen LogP) is 3.17. The van der Waals surface area contributed by atoms with Gasteiger partial charge in [-0.1, -0.05) is 24.8 Å². The topological polar surface area (TPSA) is 74.2 Å². The summed E-state index contributed by atoms with van der Waals surface area (Å²) in [4.78, 5) is 12.3. The number of methoxy groups -OCH3 is 1. The first-order valence-corrected chi connectivity index (χ1v) is 9.17. The second kappa shape index (κ2) is 10.7. The molecule has 0 bridgehead atoms. The highest BCUT2D eigenvalue weighted by Crippen LogP contribution is 2.40. The summed E-state index contributed by atoms with van der Waals surface area (Å²) in [5, 5.41) is 9.28. The van der Waals surface area contributed by atoms with E-state index < -0.39 is 12.3 Å². The number of aliphatic hydroxyl groups excluding tert-OH is 1. The van der Waals surface area contributed by atoms with Crippen LogP contribution >= 0.6 is 0 Å². The first-order chi connectivity index (χ1) is 13.1. The molecule has 27 heavy (non-hydrogen) atoms. The number of hydrogen-bond donors (Lipinski definition) is 1. The van der Waals surface area contributed by atoms with E-state index in [9.17, 15) is 9.90 Å². The first kappa shape index (κ1) is 21.0. The third-order valence-electron chi connectivity index (χ3n) is 4.45. The normalized spacial score (nSPS) is 21.7. The minimum Gasteiger partial charge on any atom is -0.497 e. The standard InChI is InChI=1S/C21H28O6/c1-4-13-26-20(23)19-14-18(15-8-10-16(24-3)11-9-15)17(7-6-12-22)21(27-19)25-5-2/h4,8-11,14,17-18,21-22H,1,5-7,12-13H2,2-3H3/t17-,18-,21-/m1/s1. The van der Waals surface area contributed by atoms with Crippen LogP contribution in [0.5, 0.6) is 5.75 Å². The van der Waals surface area contributed by atoms with Gasteiger partial charge in [-0.3, -0.25) is 0 Å². The van der Waals surface area contributed by atoms with E-state index in [0.717, 1.165) is 11.3 Å². The van der Waals surface area contributed by atoms with Crippen molar-refractivity contribution in [2.75, 3.05) is 26.9 Å². The zero-order chi connectivity index (χ0) is 19.6. The lowest BCUT2D eigenvalue weighted by atomic mass is 9.80. The average molecular weight is 376 g/mol. The molecule has 6 heteroatoms. The van der Waals surface area contributed by atoms with E-state index in [1.165, 1.54) is 6.08 Å². The van der Waals surface area contributed by atoms with Crippen molar-refractivity contribution in [3.05, 3.63) is 54.3 Å². The molecule has 1 aromatic carbocycles. The molecule has 0 radical (unpaired) electrons. The highest BCUT2D eigenvalue weighted by atomic mass is 16.7. The molecule has 3 atom stereocenters. The zero-order valence-corrected chi connectivity index (χ0v) is 15.9. The number of benzene rings is 1. The van der Waals surface area contributed by atoms with Crippen molar-refractivity contribution < 1.29 is 28.8 Å². The van der Waals surface area contributed by atoms with Gasteiger partial charge in [0.15, 0.2) is 0 Å². The number of rotatable bonds is 10. The molecule has 1 aliphatic rings. The highest BCUT2D eigenvalue weighted by molar-refractivity contribution is 5.86. The quantitative estimate of drug-likeness (QED) is 0.499. The molecule has 0 spiro atoms. The maximum atomic E-state index is 12.3. The van der Waals surface area contributed by atoms with Crippen molar-refractivity contribution >= 4 is 5.97 Å². The lowest BCUT2D eigenvalue weighted by Gasteiger charge is -2.36. The summed E-state index contributed by atoms with van der Waals surface area (Å²) in [7, 11) is 1.62. The van der Waals surface area contributed by atoms with Crippen LogP contribution in [0.2, 0.25) is 0 Å². The fourth-order valence-electron chi connectivity index (χ4n) is 3.16. The molecule has 1 aliphatic heterocycles. The smallest absolute Gasteiger partial charge is 0.373 e. The van der Waals surface area contributed by atoms with Crippen LogP contribution in [0, 0.1) is 5.92 Å². The molecule has 0 saturated heterocycles. The number of carbonyl (C=O) groups excluding carboxylic acids is 1. The van der Waals surface area contributed by atoms with E-state index in [1.807, 2.05) is 31.2 Å². The van der Waals surface area contributed by atoms with E-state index in [0.29, 0.717) is 19.4 Å². The minimum absolute atomic E-state index is 0.0403. The second-order valence-corrected chi connectivity index (χ2v) is 6.19. The predicted molar refractivity (Wildman–Crippen MR) is 101 cm³/mol. The Hall–Kier alpha value is -2.31. The number of allylic oxidation sites excluding steroid dienone is 1. The lowest BCUT2D eigenvalue weighted by Crippen LogP contribution is -2.36. The van der Waals surface area contributed by atoms with Gasteiger partial charge in [-0.05, 0) is 43.5 Å². The van der Waals surface area contributed by atoms with Crippen molar-refractivity contribution in [3.8, 4) is 5.75 Å². The van der Waals surface area contributed by atoms with Gasteiger partial charge in [-0.15, -0.1) is 0 Å². The van der Waals surface area contributed by atoms with Crippen LogP contribution in [0.1, 0.15) is 31.2 Å². The summed E-state index contributed by atoms with van der Waals surface area (Å²) in [5.74, 6) is 0.198. The Labute approximate surface area is 160 Å². The number of carbonyl (C=O) groups is 1. The van der Waals surface area contributed by atoms with Crippen LogP contribution in [0.25, 0.3) is 0 Å². The summed E-state index contributed by atoms with van der Waals surface area (Å²) in [5.41, 5.74) is 1.01. The largest absolute Gasteiger partial charge is 0.497 e. The van der Waals surface area contributed by atoms with Crippen LogP contribution < -0.4 is 4.74 Å². The number of hydrogen-bond acceptors (Lipinski definition) is 6. The molecule has 0 saturated carbocycles. The van der Waals surface area contributed by atoms with Crippen molar-refractivity contribution in [3.63, 3.8) is 0 Å². The van der Waals surface area contributed by atoms with Gasteiger partial charge < -0.3 is 24.1 Å². The monoisotopic (exact) mass is 376 g/mol. The summed E-state index contributed by atoms with van der Waals surface area (Å²) in [6, 6.07) is 7.69. The van der Waals surface area contributed by atoms with E-state index in [-0.39, 0.29) is 30.8 Å². The second-order valence-electron chi connectivity index (χ2n) is 6.19. The number of esters is 1. The summed E-state index contributed by atoms with van der Waals surface area (Å²) in [6.07, 6.45) is 4.01. The number of ether oxygens (including phenoxy) is 4. The molecule has 1 N–H and O–H groups in total. The summed E-state index contributed by atoms with van der Waals surface area (Å²) in [6.45, 7) is 6.07. The van der Waals surface area contributed by atoms with Gasteiger partial charge >= 0.3 is 5.97 Å². The third kappa shape index (κ3) is 5.58. The molecule has 148 valence electrons. The Morgan fingerprint density at radius 2 is 2.07 bits per heavy atom. The van der Waals surface area contributed by atoms with Gasteiger partial charge in [0.1, 0.15) is 12.4 Å². The fraction of sp³-hybridized carbons (Fsp3) is 0.476. The van der Waals surface area contributed by atoms with Crippen LogP contribution in [0.15, 0.2) is 48.8 Å². The molecule has 0 amide bonds. The molecule has 0 fully saturated rings. The first-order valence-electron chi connectivity index (χ1n) is 9.17. The summed E-state index contributed by atoms with van der Waals surface area (Å²) >= 11 is 0. The highest BCUT2D eigenvalue weighted by Gasteiger charge is 2.38. The van der Waals surface area contributed by atoms with E-state index >= 15 is 0 Å². The molecule has 0 aromatic heterocycles. The van der Waals surface area contributed by atoms with Gasteiger partial charge in [-0.25, -0.2) is 4.79 Å². The SMILES string of the molecule is C=CCOC(=O)C1=C[C@H](c2ccc(OC)cc2)[C@@H](CCCO)[C@H](OCC)O1. The van der Waals surface area contributed by atoms with Crippen molar-refractivity contribution in [2.45, 2.75) is 32.0 Å². The Bertz CT molecular complexity index is 637. The molecule has 0 unspecified atom stereocenters. The minimum atomic E-state index is -0.593. The molecule has 2 rings (SSSR count). The Morgan fingerprint density at radius 1 is 1.33 bits per heavy atom. The van der Waals surface area contributed by atoms with E-state index in [1.54, 1.807) is 13.2 Å². The molecular formula is C21H28O6. The van der Waals surface area contributed by atoms with E-state index in [4.69, 9.17) is 18.9 Å². The van der Waals surface area contributed by atoms with Gasteiger partial charge in [0, 0.05) is 25.0 Å². The maximum Gasteiger partial charge on any atom is 0.373 e. The Balaban J connectivity index is 2.37. The van der Waals surface area contributed by atoms with Gasteiger partial charge in [-0.2, -0.15) is 0 Å². The molecule has 1 heterocycles. The Kier molecular flexibility index (Phi) is 8.36. The average Bonchev–Trinajstić information content (AvgIpc) is 2.70. The van der Waals surface area contributed by atoms with Crippen molar-refractivity contribution in [2.24, 2.45) is 5.92 Å². The summed E-state index contributed by atoms with van der Waals surface area (Å²) < 4.78 is 22.0. The molecule has 6 nitrogen and oxygen atoms in total. The van der Waals surface area contributed by atoms with Crippen molar-refractivity contribution in [1.82, 2.24) is 0 Å². The van der Waals surface area contributed by atoms with Gasteiger partial charge in [0.2, 0.25) is 12.0 Å². The van der Waals surface area contributed by atoms with Gasteiger partial charge in [0.25, 0.3) is 0 Å². The van der Waals surface area contributed by atoms with Crippen LogP contribution in [0.4, 0.5) is 0 Å². The molecule has 0 aliphatic carbocycles. The van der Waals surface area contributed by atoms with Crippen LogP contribution in [-0.2, 0) is 19.0 Å². The van der Waals surface area contributed by atoms with Gasteiger partial charge in [0.05, 0.1) is 7.11 Å². The number of aliphatic hydroxyl groups is 1. The van der Waals surface area contributed by atoms with E-state index in [2.05, 4.69) is 6.58 Å².